The van der Waals surface area contributed by atoms with Gasteiger partial charge in [-0.25, -0.2) is 0 Å². The average Bonchev–Trinajstić information content (AvgIpc) is 2.94. The predicted octanol–water partition coefficient (Wildman–Crippen LogP) is 2.99. The molecule has 0 aromatic heterocycles. The number of halogens is 1. The van der Waals surface area contributed by atoms with Crippen molar-refractivity contribution in [2.24, 2.45) is 0 Å². The van der Waals surface area contributed by atoms with Crippen LogP contribution in [0.15, 0.2) is 36.4 Å². The van der Waals surface area contributed by atoms with Crippen LogP contribution in [0.1, 0.15) is 36.0 Å². The molecular weight excluding hydrogens is 378 g/mol. The molecule has 6 nitrogen and oxygen atoms in total. The molecule has 3 amide bonds. The summed E-state index contributed by atoms with van der Waals surface area (Å²) in [5.74, 6) is -1.58. The van der Waals surface area contributed by atoms with E-state index < -0.39 is 11.8 Å². The van der Waals surface area contributed by atoms with Crippen molar-refractivity contribution in [3.8, 4) is 0 Å². The fourth-order valence-electron chi connectivity index (χ4n) is 3.82. The Bertz CT molecular complexity index is 972. The molecule has 0 saturated heterocycles. The summed E-state index contributed by atoms with van der Waals surface area (Å²) in [4.78, 5) is 38.7. The highest BCUT2D eigenvalue weighted by Crippen LogP contribution is 2.44. The van der Waals surface area contributed by atoms with E-state index in [1.165, 1.54) is 0 Å². The lowest BCUT2D eigenvalue weighted by Gasteiger charge is -2.26. The average molecular weight is 398 g/mol. The smallest absolute Gasteiger partial charge is 0.313 e. The highest BCUT2D eigenvalue weighted by molar-refractivity contribution is 6.39. The van der Waals surface area contributed by atoms with E-state index in [1.54, 1.807) is 30.3 Å². The largest absolute Gasteiger partial charge is 0.344 e. The van der Waals surface area contributed by atoms with E-state index in [-0.39, 0.29) is 18.4 Å². The molecular formula is C21H20ClN3O3. The maximum Gasteiger partial charge on any atom is 0.313 e. The summed E-state index contributed by atoms with van der Waals surface area (Å²) in [6.45, 7) is 2.85. The van der Waals surface area contributed by atoms with E-state index in [9.17, 15) is 14.4 Å². The summed E-state index contributed by atoms with van der Waals surface area (Å²) in [7, 11) is 0. The highest BCUT2D eigenvalue weighted by atomic mass is 35.5. The topological polar surface area (TPSA) is 78.5 Å². The van der Waals surface area contributed by atoms with Crippen LogP contribution in [0, 0.1) is 0 Å². The van der Waals surface area contributed by atoms with Crippen LogP contribution < -0.4 is 15.5 Å². The van der Waals surface area contributed by atoms with Crippen LogP contribution in [-0.2, 0) is 27.3 Å². The Hall–Kier alpha value is -2.86. The molecule has 0 saturated carbocycles. The van der Waals surface area contributed by atoms with Crippen molar-refractivity contribution in [2.75, 3.05) is 16.8 Å². The van der Waals surface area contributed by atoms with E-state index in [2.05, 4.69) is 10.6 Å². The van der Waals surface area contributed by atoms with Crippen LogP contribution in [0.3, 0.4) is 0 Å². The SMILES string of the molecule is CC1C(=O)N2CCCc3cc(NC(=O)C(=O)NCc4ccc(Cl)cc4)cc1c32. The maximum atomic E-state index is 12.4. The zero-order valence-corrected chi connectivity index (χ0v) is 16.2. The molecule has 28 heavy (non-hydrogen) atoms. The first-order valence-electron chi connectivity index (χ1n) is 9.26. The molecule has 0 fully saturated rings. The number of amides is 3. The minimum absolute atomic E-state index is 0.0973. The van der Waals surface area contributed by atoms with Gasteiger partial charge in [-0.2, -0.15) is 0 Å². The normalized spacial score (nSPS) is 17.3. The monoisotopic (exact) mass is 397 g/mol. The third-order valence-corrected chi connectivity index (χ3v) is 5.50. The van der Waals surface area contributed by atoms with Gasteiger partial charge in [0.15, 0.2) is 0 Å². The van der Waals surface area contributed by atoms with Crippen LogP contribution in [0.4, 0.5) is 11.4 Å². The Labute approximate surface area is 167 Å². The summed E-state index contributed by atoms with van der Waals surface area (Å²) in [5.41, 5.74) is 4.33. The lowest BCUT2D eigenvalue weighted by Crippen LogP contribution is -2.35. The number of benzene rings is 2. The number of hydrogen-bond donors (Lipinski definition) is 2. The standard InChI is InChI=1S/C21H20ClN3O3/c1-12-17-10-16(9-14-3-2-8-25(18(14)17)21(12)28)24-20(27)19(26)23-11-13-4-6-15(22)7-5-13/h4-7,9-10,12H,2-3,8,11H2,1H3,(H,23,26)(H,24,27). The van der Waals surface area contributed by atoms with E-state index >= 15 is 0 Å². The molecule has 2 heterocycles. The number of aryl methyl sites for hydroxylation is 1. The summed E-state index contributed by atoms with van der Waals surface area (Å²) in [6, 6.07) is 10.7. The third kappa shape index (κ3) is 3.36. The molecule has 7 heteroatoms. The van der Waals surface area contributed by atoms with Crippen LogP contribution in [0.25, 0.3) is 0 Å². The number of rotatable bonds is 3. The summed E-state index contributed by atoms with van der Waals surface area (Å²) in [6.07, 6.45) is 1.75. The van der Waals surface area contributed by atoms with Crippen molar-refractivity contribution in [1.82, 2.24) is 5.32 Å². The summed E-state index contributed by atoms with van der Waals surface area (Å²) < 4.78 is 0. The highest BCUT2D eigenvalue weighted by Gasteiger charge is 2.38. The first-order valence-corrected chi connectivity index (χ1v) is 9.63. The quantitative estimate of drug-likeness (QED) is 0.781. The Balaban J connectivity index is 1.46. The number of nitrogens with zero attached hydrogens (tertiary/aromatic N) is 1. The van der Waals surface area contributed by atoms with Crippen molar-refractivity contribution in [3.63, 3.8) is 0 Å². The van der Waals surface area contributed by atoms with E-state index in [4.69, 9.17) is 11.6 Å². The van der Waals surface area contributed by atoms with E-state index in [0.29, 0.717) is 10.7 Å². The molecule has 4 rings (SSSR count). The number of hydrogen-bond acceptors (Lipinski definition) is 3. The van der Waals surface area contributed by atoms with Gasteiger partial charge in [-0.1, -0.05) is 23.7 Å². The molecule has 144 valence electrons. The van der Waals surface area contributed by atoms with Crippen LogP contribution >= 0.6 is 11.6 Å². The van der Waals surface area contributed by atoms with Gasteiger partial charge in [0.2, 0.25) is 5.91 Å². The van der Waals surface area contributed by atoms with Crippen molar-refractivity contribution in [3.05, 3.63) is 58.1 Å². The molecule has 2 aromatic rings. The van der Waals surface area contributed by atoms with Gasteiger partial charge in [-0.3, -0.25) is 14.4 Å². The van der Waals surface area contributed by atoms with Crippen molar-refractivity contribution in [1.29, 1.82) is 0 Å². The second kappa shape index (κ2) is 7.28. The van der Waals surface area contributed by atoms with Crippen LogP contribution in [0.2, 0.25) is 5.02 Å². The molecule has 0 radical (unpaired) electrons. The number of anilines is 2. The van der Waals surface area contributed by atoms with Crippen molar-refractivity contribution < 1.29 is 14.4 Å². The van der Waals surface area contributed by atoms with Gasteiger partial charge in [-0.05, 0) is 60.7 Å². The van der Waals surface area contributed by atoms with Gasteiger partial charge in [-0.15, -0.1) is 0 Å². The summed E-state index contributed by atoms with van der Waals surface area (Å²) in [5, 5.41) is 5.87. The van der Waals surface area contributed by atoms with Crippen LogP contribution in [-0.4, -0.2) is 24.3 Å². The molecule has 0 aliphatic carbocycles. The lowest BCUT2D eigenvalue weighted by atomic mass is 9.96. The van der Waals surface area contributed by atoms with Crippen molar-refractivity contribution >= 4 is 40.7 Å². The molecule has 2 aromatic carbocycles. The molecule has 2 N–H and O–H groups in total. The van der Waals surface area contributed by atoms with Gasteiger partial charge in [0, 0.05) is 23.8 Å². The van der Waals surface area contributed by atoms with E-state index in [0.717, 1.165) is 41.8 Å². The molecule has 2 aliphatic rings. The Morgan fingerprint density at radius 2 is 1.93 bits per heavy atom. The molecule has 0 spiro atoms. The number of nitrogens with one attached hydrogen (secondary N) is 2. The molecule has 1 atom stereocenters. The molecule has 2 aliphatic heterocycles. The molecule has 0 bridgehead atoms. The number of carbonyl (C=O) groups is 3. The van der Waals surface area contributed by atoms with Crippen LogP contribution in [0.5, 0.6) is 0 Å². The fraction of sp³-hybridized carbons (Fsp3) is 0.286. The fourth-order valence-corrected chi connectivity index (χ4v) is 3.95. The summed E-state index contributed by atoms with van der Waals surface area (Å²) >= 11 is 5.84. The second-order valence-corrected chi connectivity index (χ2v) is 7.59. The first-order chi connectivity index (χ1) is 13.4. The lowest BCUT2D eigenvalue weighted by molar-refractivity contribution is -0.136. The minimum atomic E-state index is -0.731. The Morgan fingerprint density at radius 3 is 2.68 bits per heavy atom. The van der Waals surface area contributed by atoms with Gasteiger partial charge >= 0.3 is 11.8 Å². The van der Waals surface area contributed by atoms with Gasteiger partial charge < -0.3 is 15.5 Å². The second-order valence-electron chi connectivity index (χ2n) is 7.15. The van der Waals surface area contributed by atoms with E-state index in [1.807, 2.05) is 17.9 Å². The number of carbonyl (C=O) groups excluding carboxylic acids is 3. The zero-order chi connectivity index (χ0) is 19.8. The zero-order valence-electron chi connectivity index (χ0n) is 15.4. The predicted molar refractivity (Wildman–Crippen MR) is 107 cm³/mol. The Morgan fingerprint density at radius 1 is 1.18 bits per heavy atom. The third-order valence-electron chi connectivity index (χ3n) is 5.25. The minimum Gasteiger partial charge on any atom is -0.344 e. The van der Waals surface area contributed by atoms with Gasteiger partial charge in [0.05, 0.1) is 11.6 Å². The maximum absolute atomic E-state index is 12.4. The first kappa shape index (κ1) is 18.5. The van der Waals surface area contributed by atoms with Crippen molar-refractivity contribution in [2.45, 2.75) is 32.2 Å². The molecule has 1 unspecified atom stereocenters. The van der Waals surface area contributed by atoms with Gasteiger partial charge in [0.25, 0.3) is 0 Å². The Kier molecular flexibility index (Phi) is 4.81. The van der Waals surface area contributed by atoms with Gasteiger partial charge in [0.1, 0.15) is 0 Å².